The summed E-state index contributed by atoms with van der Waals surface area (Å²) in [5, 5.41) is 3.27. The van der Waals surface area contributed by atoms with E-state index in [1.165, 1.54) is 11.1 Å². The van der Waals surface area contributed by atoms with E-state index in [2.05, 4.69) is 29.6 Å². The summed E-state index contributed by atoms with van der Waals surface area (Å²) in [6, 6.07) is 18.4. The van der Waals surface area contributed by atoms with Crippen LogP contribution < -0.4 is 15.8 Å². The lowest BCUT2D eigenvalue weighted by molar-refractivity contribution is -0.137. The lowest BCUT2D eigenvalue weighted by Crippen LogP contribution is -2.43. The van der Waals surface area contributed by atoms with Gasteiger partial charge in [0, 0.05) is 18.9 Å². The summed E-state index contributed by atoms with van der Waals surface area (Å²) < 4.78 is 5.86. The topological polar surface area (TPSA) is 84.7 Å². The highest BCUT2D eigenvalue weighted by Crippen LogP contribution is 2.17. The predicted molar refractivity (Wildman–Crippen MR) is 117 cm³/mol. The van der Waals surface area contributed by atoms with Crippen molar-refractivity contribution < 1.29 is 14.3 Å². The van der Waals surface area contributed by atoms with Gasteiger partial charge in [-0.25, -0.2) is 0 Å². The van der Waals surface area contributed by atoms with Gasteiger partial charge in [-0.15, -0.1) is 0 Å². The summed E-state index contributed by atoms with van der Waals surface area (Å²) in [6.45, 7) is 2.88. The molecule has 30 heavy (non-hydrogen) atoms. The molecule has 3 N–H and O–H groups in total. The molecule has 2 amide bonds. The minimum Gasteiger partial charge on any atom is -0.492 e. The van der Waals surface area contributed by atoms with Gasteiger partial charge in [0.1, 0.15) is 12.4 Å². The third kappa shape index (κ3) is 6.88. The number of carbonyl (C=O) groups excluding carboxylic acids is 2. The zero-order valence-corrected chi connectivity index (χ0v) is 17.4. The van der Waals surface area contributed by atoms with Crippen molar-refractivity contribution in [1.82, 2.24) is 10.2 Å². The number of primary amides is 1. The standard InChI is InChI=1S/C24H31N3O3/c25-23(28)12-15-27(24(29)21-10-13-26-14-11-21)16-17-30-22-8-6-20(7-9-22)18-19-4-2-1-3-5-19/h1-9,21,26H,10-18H2,(H2,25,28). The lowest BCUT2D eigenvalue weighted by Gasteiger charge is -2.29. The Hall–Kier alpha value is -2.86. The second-order valence-corrected chi connectivity index (χ2v) is 7.72. The molecule has 160 valence electrons. The molecular weight excluding hydrogens is 378 g/mol. The second kappa shape index (κ2) is 11.4. The SMILES string of the molecule is NC(=O)CCN(CCOc1ccc(Cc2ccccc2)cc1)C(=O)C1CCNCC1. The number of amides is 2. The average molecular weight is 410 g/mol. The fraction of sp³-hybridized carbons (Fsp3) is 0.417. The molecule has 2 aromatic carbocycles. The molecule has 0 bridgehead atoms. The van der Waals surface area contributed by atoms with Crippen LogP contribution in [0.15, 0.2) is 54.6 Å². The van der Waals surface area contributed by atoms with Gasteiger partial charge in [0.25, 0.3) is 0 Å². The number of nitrogens with two attached hydrogens (primary N) is 1. The minimum atomic E-state index is -0.395. The molecule has 1 fully saturated rings. The summed E-state index contributed by atoms with van der Waals surface area (Å²) in [5.41, 5.74) is 7.78. The molecule has 0 saturated carbocycles. The largest absolute Gasteiger partial charge is 0.492 e. The van der Waals surface area contributed by atoms with Gasteiger partial charge in [0.2, 0.25) is 11.8 Å². The third-order valence-electron chi connectivity index (χ3n) is 5.43. The van der Waals surface area contributed by atoms with E-state index >= 15 is 0 Å². The van der Waals surface area contributed by atoms with Crippen LogP contribution >= 0.6 is 0 Å². The fourth-order valence-electron chi connectivity index (χ4n) is 3.71. The number of benzene rings is 2. The zero-order chi connectivity index (χ0) is 21.2. The van der Waals surface area contributed by atoms with Crippen molar-refractivity contribution >= 4 is 11.8 Å². The molecule has 1 heterocycles. The van der Waals surface area contributed by atoms with Gasteiger partial charge in [-0.2, -0.15) is 0 Å². The monoisotopic (exact) mass is 409 g/mol. The van der Waals surface area contributed by atoms with E-state index in [1.807, 2.05) is 30.3 Å². The lowest BCUT2D eigenvalue weighted by atomic mass is 9.96. The van der Waals surface area contributed by atoms with Crippen molar-refractivity contribution in [2.45, 2.75) is 25.7 Å². The van der Waals surface area contributed by atoms with E-state index in [0.29, 0.717) is 19.7 Å². The first-order valence-corrected chi connectivity index (χ1v) is 10.7. The minimum absolute atomic E-state index is 0.0106. The van der Waals surface area contributed by atoms with Crippen LogP contribution in [-0.2, 0) is 16.0 Å². The molecule has 1 aliphatic heterocycles. The summed E-state index contributed by atoms with van der Waals surface area (Å²) in [5.74, 6) is 0.486. The first kappa shape index (κ1) is 21.8. The van der Waals surface area contributed by atoms with E-state index < -0.39 is 5.91 Å². The van der Waals surface area contributed by atoms with Gasteiger partial charge in [-0.05, 0) is 55.6 Å². The van der Waals surface area contributed by atoms with E-state index in [1.54, 1.807) is 4.90 Å². The van der Waals surface area contributed by atoms with Crippen molar-refractivity contribution in [3.05, 3.63) is 65.7 Å². The third-order valence-corrected chi connectivity index (χ3v) is 5.43. The maximum absolute atomic E-state index is 12.9. The van der Waals surface area contributed by atoms with Crippen LogP contribution in [0.2, 0.25) is 0 Å². The molecule has 0 aromatic heterocycles. The Kier molecular flexibility index (Phi) is 8.27. The van der Waals surface area contributed by atoms with Gasteiger partial charge in [-0.3, -0.25) is 9.59 Å². The van der Waals surface area contributed by atoms with Gasteiger partial charge in [0.05, 0.1) is 6.54 Å². The highest BCUT2D eigenvalue weighted by Gasteiger charge is 2.26. The maximum Gasteiger partial charge on any atom is 0.225 e. The average Bonchev–Trinajstić information content (AvgIpc) is 2.78. The molecule has 0 aliphatic carbocycles. The molecule has 1 saturated heterocycles. The van der Waals surface area contributed by atoms with E-state index in [-0.39, 0.29) is 18.2 Å². The molecular formula is C24H31N3O3. The number of ether oxygens (including phenoxy) is 1. The first-order valence-electron chi connectivity index (χ1n) is 10.7. The van der Waals surface area contributed by atoms with Crippen molar-refractivity contribution in [2.75, 3.05) is 32.8 Å². The Balaban J connectivity index is 1.50. The van der Waals surface area contributed by atoms with Crippen molar-refractivity contribution in [2.24, 2.45) is 11.7 Å². The molecule has 3 rings (SSSR count). The van der Waals surface area contributed by atoms with Crippen molar-refractivity contribution in [1.29, 1.82) is 0 Å². The number of rotatable bonds is 10. The Bertz CT molecular complexity index is 802. The molecule has 0 atom stereocenters. The van der Waals surface area contributed by atoms with Gasteiger partial charge >= 0.3 is 0 Å². The highest BCUT2D eigenvalue weighted by atomic mass is 16.5. The van der Waals surface area contributed by atoms with Crippen LogP contribution in [-0.4, -0.2) is 49.5 Å². The Labute approximate surface area is 178 Å². The number of piperidine rings is 1. The molecule has 6 nitrogen and oxygen atoms in total. The summed E-state index contributed by atoms with van der Waals surface area (Å²) in [4.78, 5) is 25.8. The Morgan fingerprint density at radius 1 is 0.967 bits per heavy atom. The Morgan fingerprint density at radius 2 is 1.63 bits per heavy atom. The predicted octanol–water partition coefficient (Wildman–Crippen LogP) is 2.36. The van der Waals surface area contributed by atoms with Crippen LogP contribution in [0.3, 0.4) is 0 Å². The molecule has 0 radical (unpaired) electrons. The molecule has 2 aromatic rings. The van der Waals surface area contributed by atoms with Gasteiger partial charge < -0.3 is 20.7 Å². The summed E-state index contributed by atoms with van der Waals surface area (Å²) >= 11 is 0. The van der Waals surface area contributed by atoms with Crippen molar-refractivity contribution in [3.63, 3.8) is 0 Å². The number of hydrogen-bond acceptors (Lipinski definition) is 4. The van der Waals surface area contributed by atoms with Crippen LogP contribution in [0.4, 0.5) is 0 Å². The number of nitrogens with zero attached hydrogens (tertiary/aromatic N) is 1. The van der Waals surface area contributed by atoms with Gasteiger partial charge in [-0.1, -0.05) is 42.5 Å². The van der Waals surface area contributed by atoms with E-state index in [0.717, 1.165) is 38.1 Å². The quantitative estimate of drug-likeness (QED) is 0.631. The van der Waals surface area contributed by atoms with Gasteiger partial charge in [0.15, 0.2) is 0 Å². The van der Waals surface area contributed by atoms with Crippen molar-refractivity contribution in [3.8, 4) is 5.75 Å². The normalized spacial score (nSPS) is 14.3. The first-order chi connectivity index (χ1) is 14.6. The summed E-state index contributed by atoms with van der Waals surface area (Å²) in [7, 11) is 0. The van der Waals surface area contributed by atoms with E-state index in [4.69, 9.17) is 10.5 Å². The molecule has 6 heteroatoms. The van der Waals surface area contributed by atoms with Crippen LogP contribution in [0, 0.1) is 5.92 Å². The molecule has 1 aliphatic rings. The van der Waals surface area contributed by atoms with E-state index in [9.17, 15) is 9.59 Å². The second-order valence-electron chi connectivity index (χ2n) is 7.72. The highest BCUT2D eigenvalue weighted by molar-refractivity contribution is 5.80. The van der Waals surface area contributed by atoms with Crippen LogP contribution in [0.5, 0.6) is 5.75 Å². The molecule has 0 unspecified atom stereocenters. The van der Waals surface area contributed by atoms with Crippen LogP contribution in [0.1, 0.15) is 30.4 Å². The zero-order valence-electron chi connectivity index (χ0n) is 17.4. The Morgan fingerprint density at radius 3 is 2.30 bits per heavy atom. The smallest absolute Gasteiger partial charge is 0.225 e. The van der Waals surface area contributed by atoms with Crippen LogP contribution in [0.25, 0.3) is 0 Å². The number of hydrogen-bond donors (Lipinski definition) is 2. The number of carbonyl (C=O) groups is 2. The number of nitrogens with one attached hydrogen (secondary N) is 1. The molecule has 0 spiro atoms. The summed E-state index contributed by atoms with van der Waals surface area (Å²) in [6.07, 6.45) is 2.71. The maximum atomic E-state index is 12.9. The fourth-order valence-corrected chi connectivity index (χ4v) is 3.71.